The Balaban J connectivity index is 2.68. The van der Waals surface area contributed by atoms with Gasteiger partial charge in [-0.05, 0) is 18.9 Å². The Kier molecular flexibility index (Phi) is 6.25. The van der Waals surface area contributed by atoms with Crippen LogP contribution in [0.5, 0.6) is 0 Å². The predicted octanol–water partition coefficient (Wildman–Crippen LogP) is 3.37. The van der Waals surface area contributed by atoms with Crippen molar-refractivity contribution >= 4 is 0 Å². The summed E-state index contributed by atoms with van der Waals surface area (Å²) in [5.41, 5.74) is 0.682. The third-order valence-corrected chi connectivity index (χ3v) is 2.76. The highest BCUT2D eigenvalue weighted by Gasteiger charge is 2.19. The number of aromatic nitrogens is 2. The average molecular weight is 259 g/mol. The number of hydrogen-bond acceptors (Lipinski definition) is 2. The minimum absolute atomic E-state index is 0.0692. The van der Waals surface area contributed by atoms with E-state index < -0.39 is 6.43 Å². The standard InChI is InChI=1S/C13H23F2N3/c1-4-5-6-18-12(13(14)15)11(9-17-18)8-16-7-10(2)3/h9-10,13,16H,4-8H2,1-3H3. The number of rotatable bonds is 8. The lowest BCUT2D eigenvalue weighted by molar-refractivity contribution is 0.137. The molecule has 0 radical (unpaired) electrons. The summed E-state index contributed by atoms with van der Waals surface area (Å²) in [6.45, 7) is 8.07. The van der Waals surface area contributed by atoms with Gasteiger partial charge in [0.25, 0.3) is 6.43 Å². The van der Waals surface area contributed by atoms with E-state index in [9.17, 15) is 8.78 Å². The van der Waals surface area contributed by atoms with E-state index in [2.05, 4.69) is 24.3 Å². The van der Waals surface area contributed by atoms with Crippen LogP contribution in [0.25, 0.3) is 0 Å². The highest BCUT2D eigenvalue weighted by Crippen LogP contribution is 2.23. The van der Waals surface area contributed by atoms with Gasteiger partial charge in [-0.1, -0.05) is 27.2 Å². The molecular weight excluding hydrogens is 236 g/mol. The van der Waals surface area contributed by atoms with Gasteiger partial charge < -0.3 is 5.32 Å². The molecule has 1 heterocycles. The van der Waals surface area contributed by atoms with Crippen LogP contribution in [0.4, 0.5) is 8.78 Å². The molecule has 1 rings (SSSR count). The fraction of sp³-hybridized carbons (Fsp3) is 0.769. The Morgan fingerprint density at radius 1 is 1.39 bits per heavy atom. The van der Waals surface area contributed by atoms with E-state index in [4.69, 9.17) is 0 Å². The summed E-state index contributed by atoms with van der Waals surface area (Å²) in [7, 11) is 0. The maximum absolute atomic E-state index is 13.0. The van der Waals surface area contributed by atoms with Crippen molar-refractivity contribution in [1.29, 1.82) is 0 Å². The van der Waals surface area contributed by atoms with Crippen molar-refractivity contribution in [2.45, 2.75) is 53.1 Å². The second-order valence-electron chi connectivity index (χ2n) is 4.96. The van der Waals surface area contributed by atoms with Crippen LogP contribution in [0.3, 0.4) is 0 Å². The second kappa shape index (κ2) is 7.46. The summed E-state index contributed by atoms with van der Waals surface area (Å²) in [4.78, 5) is 0. The predicted molar refractivity (Wildman–Crippen MR) is 68.6 cm³/mol. The van der Waals surface area contributed by atoms with Crippen LogP contribution in [-0.4, -0.2) is 16.3 Å². The minimum Gasteiger partial charge on any atom is -0.312 e. The summed E-state index contributed by atoms with van der Waals surface area (Å²) in [6, 6.07) is 0. The van der Waals surface area contributed by atoms with Crippen LogP contribution >= 0.6 is 0 Å². The first kappa shape index (κ1) is 15.1. The molecule has 0 spiro atoms. The molecule has 104 valence electrons. The van der Waals surface area contributed by atoms with E-state index in [-0.39, 0.29) is 5.69 Å². The van der Waals surface area contributed by atoms with Crippen LogP contribution < -0.4 is 5.32 Å². The van der Waals surface area contributed by atoms with Gasteiger partial charge in [-0.2, -0.15) is 5.10 Å². The van der Waals surface area contributed by atoms with Crippen LogP contribution in [0.1, 0.15) is 51.3 Å². The molecule has 0 atom stereocenters. The topological polar surface area (TPSA) is 29.9 Å². The number of hydrogen-bond donors (Lipinski definition) is 1. The molecule has 18 heavy (non-hydrogen) atoms. The van der Waals surface area contributed by atoms with Gasteiger partial charge in [0.2, 0.25) is 0 Å². The molecule has 0 aliphatic carbocycles. The number of nitrogens with zero attached hydrogens (tertiary/aromatic N) is 2. The van der Waals surface area contributed by atoms with E-state index in [1.807, 2.05) is 6.92 Å². The van der Waals surface area contributed by atoms with Crippen LogP contribution in [0.2, 0.25) is 0 Å². The molecule has 0 saturated heterocycles. The van der Waals surface area contributed by atoms with Crippen molar-refractivity contribution in [3.63, 3.8) is 0 Å². The van der Waals surface area contributed by atoms with Gasteiger partial charge in [-0.15, -0.1) is 0 Å². The second-order valence-corrected chi connectivity index (χ2v) is 4.96. The van der Waals surface area contributed by atoms with Gasteiger partial charge in [0, 0.05) is 18.7 Å². The Bertz CT molecular complexity index is 348. The first-order valence-electron chi connectivity index (χ1n) is 6.59. The summed E-state index contributed by atoms with van der Waals surface area (Å²) >= 11 is 0. The van der Waals surface area contributed by atoms with Crippen LogP contribution in [0, 0.1) is 5.92 Å². The van der Waals surface area contributed by atoms with Crippen molar-refractivity contribution in [3.8, 4) is 0 Å². The molecule has 1 N–H and O–H groups in total. The third kappa shape index (κ3) is 4.37. The molecule has 0 unspecified atom stereocenters. The average Bonchev–Trinajstić information content (AvgIpc) is 2.69. The summed E-state index contributed by atoms with van der Waals surface area (Å²) < 4.78 is 27.5. The Hall–Kier alpha value is -0.970. The van der Waals surface area contributed by atoms with E-state index in [0.29, 0.717) is 24.6 Å². The van der Waals surface area contributed by atoms with Crippen LogP contribution in [-0.2, 0) is 13.1 Å². The van der Waals surface area contributed by atoms with Gasteiger partial charge in [0.05, 0.1) is 6.20 Å². The van der Waals surface area contributed by atoms with Gasteiger partial charge in [0.15, 0.2) is 0 Å². The maximum Gasteiger partial charge on any atom is 0.280 e. The van der Waals surface area contributed by atoms with Crippen molar-refractivity contribution in [2.75, 3.05) is 6.54 Å². The van der Waals surface area contributed by atoms with E-state index in [0.717, 1.165) is 19.4 Å². The van der Waals surface area contributed by atoms with Crippen LogP contribution in [0.15, 0.2) is 6.20 Å². The van der Waals surface area contributed by atoms with Gasteiger partial charge >= 0.3 is 0 Å². The lowest BCUT2D eigenvalue weighted by Crippen LogP contribution is -2.20. The quantitative estimate of drug-likeness (QED) is 0.775. The molecular formula is C13H23F2N3. The normalized spacial score (nSPS) is 11.7. The highest BCUT2D eigenvalue weighted by molar-refractivity contribution is 5.18. The number of aryl methyl sites for hydroxylation is 1. The Morgan fingerprint density at radius 2 is 2.11 bits per heavy atom. The summed E-state index contributed by atoms with van der Waals surface area (Å²) in [5, 5.41) is 7.25. The van der Waals surface area contributed by atoms with E-state index >= 15 is 0 Å². The first-order valence-corrected chi connectivity index (χ1v) is 6.59. The zero-order chi connectivity index (χ0) is 13.5. The SMILES string of the molecule is CCCCn1ncc(CNCC(C)C)c1C(F)F. The highest BCUT2D eigenvalue weighted by atomic mass is 19.3. The molecule has 1 aromatic rings. The summed E-state index contributed by atoms with van der Waals surface area (Å²) in [6.07, 6.45) is 0.953. The van der Waals surface area contributed by atoms with E-state index in [1.54, 1.807) is 6.20 Å². The number of halogens is 2. The largest absolute Gasteiger partial charge is 0.312 e. The van der Waals surface area contributed by atoms with Crippen molar-refractivity contribution in [2.24, 2.45) is 5.92 Å². The fourth-order valence-electron chi connectivity index (χ4n) is 1.80. The number of unbranched alkanes of at least 4 members (excludes halogenated alkanes) is 1. The molecule has 0 fully saturated rings. The maximum atomic E-state index is 13.0. The summed E-state index contributed by atoms with van der Waals surface area (Å²) in [5.74, 6) is 0.509. The molecule has 0 aliphatic heterocycles. The molecule has 1 aromatic heterocycles. The first-order chi connectivity index (χ1) is 8.56. The van der Waals surface area contributed by atoms with Crippen molar-refractivity contribution in [1.82, 2.24) is 15.1 Å². The smallest absolute Gasteiger partial charge is 0.280 e. The molecule has 0 aliphatic rings. The zero-order valence-electron chi connectivity index (χ0n) is 11.4. The number of alkyl halides is 2. The molecule has 0 bridgehead atoms. The van der Waals surface area contributed by atoms with Gasteiger partial charge in [0.1, 0.15) is 5.69 Å². The van der Waals surface area contributed by atoms with Gasteiger partial charge in [-0.3, -0.25) is 4.68 Å². The Morgan fingerprint density at radius 3 is 2.67 bits per heavy atom. The third-order valence-electron chi connectivity index (χ3n) is 2.76. The van der Waals surface area contributed by atoms with Gasteiger partial charge in [-0.25, -0.2) is 8.78 Å². The lowest BCUT2D eigenvalue weighted by Gasteiger charge is -2.10. The molecule has 5 heteroatoms. The van der Waals surface area contributed by atoms with Crippen molar-refractivity contribution in [3.05, 3.63) is 17.5 Å². The zero-order valence-corrected chi connectivity index (χ0v) is 11.4. The fourth-order valence-corrected chi connectivity index (χ4v) is 1.80. The lowest BCUT2D eigenvalue weighted by atomic mass is 10.2. The monoisotopic (exact) mass is 259 g/mol. The molecule has 3 nitrogen and oxygen atoms in total. The Labute approximate surface area is 108 Å². The minimum atomic E-state index is -2.46. The van der Waals surface area contributed by atoms with Crippen molar-refractivity contribution < 1.29 is 8.78 Å². The molecule has 0 amide bonds. The number of nitrogens with one attached hydrogen (secondary N) is 1. The van der Waals surface area contributed by atoms with E-state index in [1.165, 1.54) is 4.68 Å². The molecule has 0 saturated carbocycles. The molecule has 0 aromatic carbocycles.